The van der Waals surface area contributed by atoms with Crippen LogP contribution in [0.5, 0.6) is 5.75 Å². The Morgan fingerprint density at radius 2 is 0.925 bits per heavy atom. The van der Waals surface area contributed by atoms with Gasteiger partial charge in [0, 0.05) is 58.2 Å². The summed E-state index contributed by atoms with van der Waals surface area (Å²) < 4.78 is 33.4. The van der Waals surface area contributed by atoms with E-state index in [1.165, 1.54) is 55.1 Å². The lowest BCUT2D eigenvalue weighted by Crippen LogP contribution is -2.51. The minimum atomic E-state index is -1.05. The van der Waals surface area contributed by atoms with Gasteiger partial charge in [0.25, 0.3) is 17.7 Å². The fourth-order valence-electron chi connectivity index (χ4n) is 10.00. The summed E-state index contributed by atoms with van der Waals surface area (Å²) in [7, 11) is 4.98. The molecule has 0 radical (unpaired) electrons. The summed E-state index contributed by atoms with van der Waals surface area (Å²) in [6, 6.07) is 17.8. The largest absolute Gasteiger partial charge is 0.508 e. The zero-order valence-electron chi connectivity index (χ0n) is 54.3. The number of halogens is 2. The number of carbonyl (C=O) groups is 10. The summed E-state index contributed by atoms with van der Waals surface area (Å²) in [6.45, 7) is 20.5. The number of anilines is 1. The highest BCUT2D eigenvalue weighted by Gasteiger charge is 2.45. The third-order valence-corrected chi connectivity index (χ3v) is 15.3. The Morgan fingerprint density at radius 1 is 0.538 bits per heavy atom. The van der Waals surface area contributed by atoms with E-state index in [9.17, 15) is 77.1 Å². The lowest BCUT2D eigenvalue weighted by atomic mass is 10.0. The third kappa shape index (κ3) is 17.1. The predicted molar refractivity (Wildman–Crippen MR) is 340 cm³/mol. The molecule has 0 spiro atoms. The first kappa shape index (κ1) is 72.4. The summed E-state index contributed by atoms with van der Waals surface area (Å²) in [5, 5.41) is 19.8. The maximum Gasteiger partial charge on any atom is 0.424 e. The maximum atomic E-state index is 13.0. The average Bonchev–Trinajstić information content (AvgIpc) is 1.64. The second-order valence-corrected chi connectivity index (χ2v) is 26.4. The molecule has 4 aliphatic rings. The molecule has 0 bridgehead atoms. The highest BCUT2D eigenvalue weighted by Crippen LogP contribution is 2.32. The monoisotopic (exact) mass is 1360 g/mol. The number of aromatic hydroxyl groups is 1. The Bertz CT molecular complexity index is 3980. The van der Waals surface area contributed by atoms with Gasteiger partial charge in [0.05, 0.1) is 38.2 Å². The Kier molecular flexibility index (Phi) is 22.2. The Balaban J connectivity index is 0.000000193. The van der Waals surface area contributed by atoms with E-state index in [-0.39, 0.29) is 49.5 Å². The van der Waals surface area contributed by atoms with E-state index in [1.807, 2.05) is 45.2 Å². The number of phenolic OH excluding ortho intramolecular Hbond substituents is 1. The van der Waals surface area contributed by atoms with Crippen LogP contribution in [0.15, 0.2) is 82.4 Å². The number of aryl methyl sites for hydroxylation is 5. The van der Waals surface area contributed by atoms with Gasteiger partial charge in [-0.05, 0) is 161 Å². The van der Waals surface area contributed by atoms with Crippen molar-refractivity contribution < 1.29 is 76.6 Å². The van der Waals surface area contributed by atoms with E-state index in [0.29, 0.717) is 55.2 Å². The van der Waals surface area contributed by atoms with Gasteiger partial charge in [0.2, 0.25) is 29.4 Å². The van der Waals surface area contributed by atoms with E-state index >= 15 is 0 Å². The van der Waals surface area contributed by atoms with Crippen LogP contribution >= 0.6 is 15.9 Å². The van der Waals surface area contributed by atoms with Crippen molar-refractivity contribution in [2.45, 2.75) is 162 Å². The van der Waals surface area contributed by atoms with Crippen molar-refractivity contribution in [2.75, 3.05) is 11.9 Å². The molecule has 0 aliphatic carbocycles. The third-order valence-electron chi connectivity index (χ3n) is 14.4. The first-order valence-corrected chi connectivity index (χ1v) is 30.2. The molecule has 3 atom stereocenters. The zero-order chi connectivity index (χ0) is 69.8. The van der Waals surface area contributed by atoms with Crippen molar-refractivity contribution in [3.63, 3.8) is 0 Å². The van der Waals surface area contributed by atoms with Gasteiger partial charge in [-0.3, -0.25) is 61.9 Å². The normalized spacial score (nSPS) is 17.5. The van der Waals surface area contributed by atoms with Crippen LogP contribution in [0.3, 0.4) is 0 Å². The number of imidazole rings is 2. The number of benzene rings is 4. The molecule has 3 fully saturated rings. The van der Waals surface area contributed by atoms with E-state index < -0.39 is 110 Å². The summed E-state index contributed by atoms with van der Waals surface area (Å²) in [5.41, 5.74) is 3.44. The van der Waals surface area contributed by atoms with Gasteiger partial charge in [0.1, 0.15) is 34.6 Å². The highest BCUT2D eigenvalue weighted by atomic mass is 79.9. The summed E-state index contributed by atoms with van der Waals surface area (Å²) >= 11 is 3.12. The van der Waals surface area contributed by atoms with Gasteiger partial charge < -0.3 is 24.2 Å². The molecule has 3 saturated heterocycles. The number of aromatic nitrogens is 4. The van der Waals surface area contributed by atoms with Crippen molar-refractivity contribution in [1.82, 2.24) is 33.0 Å². The minimum absolute atomic E-state index is 0.0178. The number of carbonyl (C=O) groups excluding carboxylic acids is 10. The number of alkyl halides is 1. The molecule has 10 rings (SSSR count). The van der Waals surface area contributed by atoms with E-state index in [4.69, 9.17) is 14.2 Å². The molecular weight excluding hydrogens is 1280 g/mol. The second-order valence-electron chi connectivity index (χ2n) is 25.3. The number of piperidine rings is 3. The van der Waals surface area contributed by atoms with Crippen LogP contribution in [-0.2, 0) is 68.3 Å². The molecule has 27 nitrogen and oxygen atoms in total. The SMILES string of the molecule is CC(C)(C)OC(=O)N1C(=O)CCC(Br)C1=O.Cc1ccc([N+](=O)[O-])c(F)c1.Cc1ccc2c(c1)N(C)C(=O)C2.Cc1ccc2c(c1)n(C)c(=O)n2C1CCC(=O)N(C(=O)OC(C)(C)C)C1=O.Cn1c(=O)n(C2CCC(=O)N(C(=O)OC(C)(C)C)C2=O)c2ccc(O)cc21. The molecule has 498 valence electrons. The van der Waals surface area contributed by atoms with Crippen molar-refractivity contribution in [1.29, 1.82) is 0 Å². The van der Waals surface area contributed by atoms with Crippen LogP contribution < -0.4 is 16.3 Å². The van der Waals surface area contributed by atoms with Crippen LogP contribution in [0.25, 0.3) is 22.1 Å². The molecule has 6 aromatic rings. The number of imide groups is 9. The number of nitro benzene ring substituents is 1. The Labute approximate surface area is 541 Å². The van der Waals surface area contributed by atoms with Gasteiger partial charge in [-0.1, -0.05) is 40.2 Å². The smallest absolute Gasteiger partial charge is 0.424 e. The zero-order valence-corrected chi connectivity index (χ0v) is 55.9. The van der Waals surface area contributed by atoms with Gasteiger partial charge >= 0.3 is 35.3 Å². The predicted octanol–water partition coefficient (Wildman–Crippen LogP) is 9.33. The Morgan fingerprint density at radius 3 is 1.37 bits per heavy atom. The first-order chi connectivity index (χ1) is 43.0. The van der Waals surface area contributed by atoms with Crippen LogP contribution in [-0.4, -0.2) is 131 Å². The Hall–Kier alpha value is -9.67. The standard InChI is InChI=1S/C19H23N3O5.C18H21N3O6.C10H14BrNO4.C10H11NO.C7H6FNO2/c1-11-6-7-12-14(10-11)20(5)17(25)21(12)13-8-9-15(23)22(16(13)24)18(26)27-19(2,3)4;1-18(2,3)27-17(26)21-14(23)8-7-12(15(21)24)20-11-6-5-10(22)9-13(11)19(4)16(20)25;1-10(2,3)16-9(15)12-7(13)5-4-6(11)8(12)14;1-7-3-4-8-6-10(12)11(2)9(8)5-7;1-5-2-3-7(9(10)11)6(8)4-5/h6-7,10,13H,8-9H2,1-5H3;5-6,9,12,22H,7-8H2,1-4H3;6H,4-5H2,1-3H3;3-5H,6H2,1-2H3;2-4H,1H3. The maximum absolute atomic E-state index is 13.0. The number of phenols is 1. The first-order valence-electron chi connectivity index (χ1n) is 29.3. The number of rotatable bonds is 3. The molecule has 93 heavy (non-hydrogen) atoms. The van der Waals surface area contributed by atoms with Crippen LogP contribution in [0.1, 0.15) is 135 Å². The number of likely N-dealkylation sites (tertiary alicyclic amines) is 3. The molecule has 4 aliphatic heterocycles. The van der Waals surface area contributed by atoms with Gasteiger partial charge in [0.15, 0.2) is 0 Å². The lowest BCUT2D eigenvalue weighted by molar-refractivity contribution is -0.387. The van der Waals surface area contributed by atoms with Gasteiger partial charge in [-0.25, -0.2) is 24.0 Å². The van der Waals surface area contributed by atoms with Crippen LogP contribution in [0.2, 0.25) is 0 Å². The number of amides is 10. The molecule has 2 aromatic heterocycles. The number of hydrogen-bond acceptors (Lipinski definition) is 18. The average molecular weight is 1360 g/mol. The number of ether oxygens (including phenoxy) is 3. The molecule has 1 N–H and O–H groups in total. The molecular formula is C64H75BrFN9O18. The molecule has 0 saturated carbocycles. The van der Waals surface area contributed by atoms with Gasteiger partial charge in [-0.15, -0.1) is 0 Å². The summed E-state index contributed by atoms with van der Waals surface area (Å²) in [6.07, 6.45) is -1.66. The summed E-state index contributed by atoms with van der Waals surface area (Å²) in [4.78, 5) is 159. The number of hydrogen-bond donors (Lipinski definition) is 1. The fourth-order valence-corrected chi connectivity index (χ4v) is 10.4. The number of nitro groups is 1. The molecule has 3 unspecified atom stereocenters. The van der Waals surface area contributed by atoms with Crippen molar-refractivity contribution >= 4 is 109 Å². The quantitative estimate of drug-likeness (QED) is 0.0566. The number of likely N-dealkylation sites (N-methyl/N-ethyl adjacent to an activating group) is 1. The highest BCUT2D eigenvalue weighted by molar-refractivity contribution is 9.10. The van der Waals surface area contributed by atoms with Crippen molar-refractivity contribution in [2.24, 2.45) is 14.1 Å². The van der Waals surface area contributed by atoms with Crippen molar-refractivity contribution in [3.8, 4) is 5.75 Å². The fraction of sp³-hybridized carbons (Fsp3) is 0.438. The number of nitrogens with zero attached hydrogens (tertiary/aromatic N) is 9. The number of fused-ring (bicyclic) bond motifs is 3. The van der Waals surface area contributed by atoms with Gasteiger partial charge in [-0.2, -0.15) is 19.1 Å². The summed E-state index contributed by atoms with van der Waals surface area (Å²) in [5.74, 6) is -4.48. The van der Waals surface area contributed by atoms with Crippen LogP contribution in [0.4, 0.5) is 30.1 Å². The molecule has 4 aromatic carbocycles. The molecule has 6 heterocycles. The molecule has 29 heteroatoms. The van der Waals surface area contributed by atoms with E-state index in [1.54, 1.807) is 87.3 Å². The van der Waals surface area contributed by atoms with Crippen molar-refractivity contribution in [3.05, 3.63) is 132 Å². The van der Waals surface area contributed by atoms with E-state index in [0.717, 1.165) is 28.9 Å². The molecule has 10 amide bonds. The second kappa shape index (κ2) is 28.5. The van der Waals surface area contributed by atoms with E-state index in [2.05, 4.69) is 22.0 Å². The minimum Gasteiger partial charge on any atom is -0.508 e. The topological polar surface area (TPSA) is 329 Å². The lowest BCUT2D eigenvalue weighted by Gasteiger charge is -2.31. The van der Waals surface area contributed by atoms with Crippen LogP contribution in [0, 0.1) is 36.7 Å².